The molecule has 0 saturated carbocycles. The number of amides is 1. The van der Waals surface area contributed by atoms with Crippen LogP contribution in [0.4, 0.5) is 5.69 Å². The third kappa shape index (κ3) is 5.48. The Morgan fingerprint density at radius 3 is 2.43 bits per heavy atom. The Morgan fingerprint density at radius 2 is 1.79 bits per heavy atom. The number of carbonyl (C=O) groups is 1. The molecule has 0 fully saturated rings. The molecule has 2 aromatic rings. The van der Waals surface area contributed by atoms with E-state index in [1.54, 1.807) is 43.5 Å². The van der Waals surface area contributed by atoms with Crippen LogP contribution in [0.2, 0.25) is 0 Å². The van der Waals surface area contributed by atoms with Gasteiger partial charge in [0, 0.05) is 19.2 Å². The molecule has 0 radical (unpaired) electrons. The molecular formula is C21H28N2O4S. The Bertz CT molecular complexity index is 880. The Balaban J connectivity index is 2.12. The summed E-state index contributed by atoms with van der Waals surface area (Å²) < 4.78 is 32.2. The average molecular weight is 405 g/mol. The number of hydrogen-bond acceptors (Lipinski definition) is 4. The first-order chi connectivity index (χ1) is 13.4. The summed E-state index contributed by atoms with van der Waals surface area (Å²) >= 11 is 0. The molecule has 0 aliphatic carbocycles. The van der Waals surface area contributed by atoms with Crippen LogP contribution in [0.5, 0.6) is 5.75 Å². The van der Waals surface area contributed by atoms with Gasteiger partial charge in [-0.05, 0) is 48.9 Å². The number of sulfonamides is 1. The van der Waals surface area contributed by atoms with Gasteiger partial charge in [0.15, 0.2) is 0 Å². The zero-order valence-electron chi connectivity index (χ0n) is 16.6. The van der Waals surface area contributed by atoms with E-state index >= 15 is 0 Å². The van der Waals surface area contributed by atoms with Crippen LogP contribution in [0.25, 0.3) is 0 Å². The van der Waals surface area contributed by atoms with Crippen LogP contribution in [-0.2, 0) is 10.0 Å². The maximum Gasteiger partial charge on any atom is 0.264 e. The van der Waals surface area contributed by atoms with Crippen LogP contribution in [0.3, 0.4) is 0 Å². The third-order valence-corrected chi connectivity index (χ3v) is 6.29. The van der Waals surface area contributed by atoms with Gasteiger partial charge < -0.3 is 10.1 Å². The monoisotopic (exact) mass is 404 g/mol. The number of nitrogens with one attached hydrogen (secondary N) is 1. The molecule has 0 saturated heterocycles. The van der Waals surface area contributed by atoms with E-state index in [1.807, 2.05) is 0 Å². The Morgan fingerprint density at radius 1 is 1.07 bits per heavy atom. The van der Waals surface area contributed by atoms with Crippen molar-refractivity contribution in [2.24, 2.45) is 0 Å². The molecule has 2 aromatic carbocycles. The van der Waals surface area contributed by atoms with E-state index in [-0.39, 0.29) is 10.8 Å². The molecule has 6 nitrogen and oxygen atoms in total. The summed E-state index contributed by atoms with van der Waals surface area (Å²) in [5.74, 6) is 0.382. The molecular weight excluding hydrogens is 376 g/mol. The van der Waals surface area contributed by atoms with Gasteiger partial charge in [-0.2, -0.15) is 0 Å². The van der Waals surface area contributed by atoms with Gasteiger partial charge in [0.1, 0.15) is 5.75 Å². The fourth-order valence-corrected chi connectivity index (χ4v) is 3.98. The van der Waals surface area contributed by atoms with Crippen LogP contribution in [-0.4, -0.2) is 35.0 Å². The van der Waals surface area contributed by atoms with Gasteiger partial charge in [0.2, 0.25) is 0 Å². The lowest BCUT2D eigenvalue weighted by molar-refractivity contribution is 0.0952. The van der Waals surface area contributed by atoms with Crippen molar-refractivity contribution in [2.75, 3.05) is 25.0 Å². The second-order valence-corrected chi connectivity index (χ2v) is 8.48. The first-order valence-corrected chi connectivity index (χ1v) is 10.9. The molecule has 28 heavy (non-hydrogen) atoms. The number of ether oxygens (including phenoxy) is 1. The Hall–Kier alpha value is -2.54. The summed E-state index contributed by atoms with van der Waals surface area (Å²) in [6, 6.07) is 12.8. The number of methoxy groups -OCH3 is 1. The minimum Gasteiger partial charge on any atom is -0.497 e. The minimum absolute atomic E-state index is 0.0736. The number of anilines is 1. The van der Waals surface area contributed by atoms with Crippen LogP contribution >= 0.6 is 0 Å². The van der Waals surface area contributed by atoms with E-state index in [0.29, 0.717) is 23.5 Å². The van der Waals surface area contributed by atoms with E-state index in [9.17, 15) is 13.2 Å². The summed E-state index contributed by atoms with van der Waals surface area (Å²) in [6.45, 7) is 2.72. The van der Waals surface area contributed by atoms with Gasteiger partial charge in [-0.25, -0.2) is 8.42 Å². The van der Waals surface area contributed by atoms with Crippen molar-refractivity contribution in [3.63, 3.8) is 0 Å². The highest BCUT2D eigenvalue weighted by molar-refractivity contribution is 7.92. The molecule has 1 amide bonds. The third-order valence-electron chi connectivity index (χ3n) is 4.51. The highest BCUT2D eigenvalue weighted by Crippen LogP contribution is 2.24. The molecule has 0 unspecified atom stereocenters. The number of hydrogen-bond donors (Lipinski definition) is 1. The van der Waals surface area contributed by atoms with Gasteiger partial charge in [-0.3, -0.25) is 9.10 Å². The summed E-state index contributed by atoms with van der Waals surface area (Å²) in [7, 11) is -0.752. The zero-order chi connectivity index (χ0) is 20.6. The van der Waals surface area contributed by atoms with Crippen LogP contribution < -0.4 is 14.4 Å². The van der Waals surface area contributed by atoms with Crippen molar-refractivity contribution in [2.45, 2.75) is 37.5 Å². The maximum absolute atomic E-state index is 13.0. The summed E-state index contributed by atoms with van der Waals surface area (Å²) in [4.78, 5) is 12.4. The molecule has 0 aliphatic rings. The van der Waals surface area contributed by atoms with Crippen molar-refractivity contribution in [3.05, 3.63) is 54.1 Å². The second kappa shape index (κ2) is 10.1. The Kier molecular flexibility index (Phi) is 7.87. The number of rotatable bonds is 10. The van der Waals surface area contributed by atoms with E-state index in [0.717, 1.165) is 25.7 Å². The molecule has 2 rings (SSSR count). The van der Waals surface area contributed by atoms with Crippen LogP contribution in [0.1, 0.15) is 43.0 Å². The number of nitrogens with zero attached hydrogens (tertiary/aromatic N) is 1. The largest absolute Gasteiger partial charge is 0.497 e. The SMILES string of the molecule is CCCCCCNC(=O)c1cccc(S(=O)(=O)N(C)c2ccc(OC)cc2)c1. The molecule has 152 valence electrons. The highest BCUT2D eigenvalue weighted by atomic mass is 32.2. The van der Waals surface area contributed by atoms with Gasteiger partial charge in [-0.15, -0.1) is 0 Å². The van der Waals surface area contributed by atoms with Crippen molar-refractivity contribution >= 4 is 21.6 Å². The van der Waals surface area contributed by atoms with Crippen molar-refractivity contribution in [3.8, 4) is 5.75 Å². The molecule has 0 aliphatic heterocycles. The smallest absolute Gasteiger partial charge is 0.264 e. The molecule has 0 heterocycles. The first-order valence-electron chi connectivity index (χ1n) is 9.41. The number of benzene rings is 2. The van der Waals surface area contributed by atoms with E-state index in [2.05, 4.69) is 12.2 Å². The van der Waals surface area contributed by atoms with E-state index in [1.165, 1.54) is 23.5 Å². The zero-order valence-corrected chi connectivity index (χ0v) is 17.5. The van der Waals surface area contributed by atoms with Crippen LogP contribution in [0.15, 0.2) is 53.4 Å². The lowest BCUT2D eigenvalue weighted by Crippen LogP contribution is -2.28. The number of unbranched alkanes of at least 4 members (excludes halogenated alkanes) is 3. The van der Waals surface area contributed by atoms with E-state index < -0.39 is 10.0 Å². The molecule has 1 N–H and O–H groups in total. The topological polar surface area (TPSA) is 75.7 Å². The molecule has 0 atom stereocenters. The van der Waals surface area contributed by atoms with E-state index in [4.69, 9.17) is 4.74 Å². The van der Waals surface area contributed by atoms with Crippen LogP contribution in [0, 0.1) is 0 Å². The quantitative estimate of drug-likeness (QED) is 0.611. The van der Waals surface area contributed by atoms with Gasteiger partial charge in [0.25, 0.3) is 15.9 Å². The number of carbonyl (C=O) groups excluding carboxylic acids is 1. The highest BCUT2D eigenvalue weighted by Gasteiger charge is 2.22. The fourth-order valence-electron chi connectivity index (χ4n) is 2.74. The first kappa shape index (κ1) is 21.8. The summed E-state index contributed by atoms with van der Waals surface area (Å²) in [5, 5.41) is 2.85. The van der Waals surface area contributed by atoms with Crippen molar-refractivity contribution < 1.29 is 17.9 Å². The normalized spacial score (nSPS) is 11.1. The van der Waals surface area contributed by atoms with Gasteiger partial charge in [-0.1, -0.05) is 32.3 Å². The van der Waals surface area contributed by atoms with Gasteiger partial charge >= 0.3 is 0 Å². The maximum atomic E-state index is 13.0. The van der Waals surface area contributed by atoms with Gasteiger partial charge in [0.05, 0.1) is 17.7 Å². The predicted octanol–water partition coefficient (Wildman–Crippen LogP) is 3.83. The lowest BCUT2D eigenvalue weighted by Gasteiger charge is -2.20. The molecule has 0 spiro atoms. The second-order valence-electron chi connectivity index (χ2n) is 6.51. The minimum atomic E-state index is -3.79. The molecule has 7 heteroatoms. The predicted molar refractivity (Wildman–Crippen MR) is 112 cm³/mol. The lowest BCUT2D eigenvalue weighted by atomic mass is 10.2. The molecule has 0 bridgehead atoms. The standard InChI is InChI=1S/C21H28N2O4S/c1-4-5-6-7-15-22-21(24)17-9-8-10-20(16-17)28(25,26)23(2)18-11-13-19(27-3)14-12-18/h8-14,16H,4-7,15H2,1-3H3,(H,22,24). The van der Waals surface area contributed by atoms with Crippen molar-refractivity contribution in [1.82, 2.24) is 5.32 Å². The van der Waals surface area contributed by atoms with Crippen molar-refractivity contribution in [1.29, 1.82) is 0 Å². The average Bonchev–Trinajstić information content (AvgIpc) is 2.73. The Labute approximate surface area is 167 Å². The summed E-state index contributed by atoms with van der Waals surface area (Å²) in [6.07, 6.45) is 4.26. The molecule has 0 aromatic heterocycles. The fraction of sp³-hybridized carbons (Fsp3) is 0.381. The summed E-state index contributed by atoms with van der Waals surface area (Å²) in [5.41, 5.74) is 0.839.